The molecule has 1 saturated heterocycles. The van der Waals surface area contributed by atoms with E-state index in [-0.39, 0.29) is 48.1 Å². The summed E-state index contributed by atoms with van der Waals surface area (Å²) in [6.07, 6.45) is -0.245. The van der Waals surface area contributed by atoms with E-state index in [2.05, 4.69) is 20.9 Å². The van der Waals surface area contributed by atoms with Crippen LogP contribution in [0.5, 0.6) is 0 Å². The van der Waals surface area contributed by atoms with Gasteiger partial charge in [0, 0.05) is 32.6 Å². The highest BCUT2D eigenvalue weighted by Crippen LogP contribution is 2.33. The van der Waals surface area contributed by atoms with Crippen LogP contribution in [0.3, 0.4) is 0 Å². The third kappa shape index (κ3) is 9.23. The summed E-state index contributed by atoms with van der Waals surface area (Å²) in [4.78, 5) is 30.4. The number of guanidine groups is 1. The molecule has 1 heterocycles. The molecule has 176 valence electrons. The van der Waals surface area contributed by atoms with Crippen molar-refractivity contribution in [3.05, 3.63) is 0 Å². The lowest BCUT2D eigenvalue weighted by atomic mass is 10.1. The Morgan fingerprint density at radius 3 is 2.33 bits per heavy atom. The molecule has 1 aliphatic heterocycles. The fourth-order valence-corrected chi connectivity index (χ4v) is 3.23. The Labute approximate surface area is 198 Å². The van der Waals surface area contributed by atoms with Crippen LogP contribution in [0.25, 0.3) is 0 Å². The molecule has 0 aromatic rings. The van der Waals surface area contributed by atoms with Crippen LogP contribution in [0.15, 0.2) is 4.99 Å². The third-order valence-electron chi connectivity index (χ3n) is 4.31. The standard InChI is InChI=1S/C20H39N5O4.HI/c1-13(2)24-16(26)10-11-22-17(21-9)23-12-15-14(3)28-20(7,8)25(15)18(27)29-19(4,5)6;/h13-15H,10-12H2,1-9H3,(H,24,26)(H2,21,22,23);1H. The van der Waals surface area contributed by atoms with Crippen LogP contribution in [-0.4, -0.2) is 72.5 Å². The number of carbonyl (C=O) groups is 2. The number of rotatable bonds is 6. The van der Waals surface area contributed by atoms with E-state index in [1.165, 1.54) is 0 Å². The van der Waals surface area contributed by atoms with Gasteiger partial charge in [0.1, 0.15) is 11.3 Å². The lowest BCUT2D eigenvalue weighted by Crippen LogP contribution is -2.54. The third-order valence-corrected chi connectivity index (χ3v) is 4.31. The molecular weight excluding hydrogens is 501 g/mol. The molecule has 2 atom stereocenters. The van der Waals surface area contributed by atoms with E-state index < -0.39 is 17.4 Å². The number of nitrogens with zero attached hydrogens (tertiary/aromatic N) is 2. The van der Waals surface area contributed by atoms with Crippen LogP contribution < -0.4 is 16.0 Å². The van der Waals surface area contributed by atoms with Crippen molar-refractivity contribution in [2.24, 2.45) is 4.99 Å². The normalized spacial score (nSPS) is 21.1. The minimum atomic E-state index is -0.778. The topological polar surface area (TPSA) is 104 Å². The summed E-state index contributed by atoms with van der Waals surface area (Å²) in [6.45, 7) is 15.9. The Morgan fingerprint density at radius 2 is 1.83 bits per heavy atom. The van der Waals surface area contributed by atoms with Crippen molar-refractivity contribution >= 4 is 41.9 Å². The number of halogens is 1. The van der Waals surface area contributed by atoms with Gasteiger partial charge in [-0.3, -0.25) is 14.7 Å². The summed E-state index contributed by atoms with van der Waals surface area (Å²) in [5, 5.41) is 9.19. The molecule has 0 saturated carbocycles. The van der Waals surface area contributed by atoms with Gasteiger partial charge in [-0.05, 0) is 55.4 Å². The highest BCUT2D eigenvalue weighted by Gasteiger charge is 2.49. The second-order valence-electron chi connectivity index (χ2n) is 9.04. The second-order valence-corrected chi connectivity index (χ2v) is 9.04. The number of nitrogens with one attached hydrogen (secondary N) is 3. The van der Waals surface area contributed by atoms with Crippen LogP contribution in [0, 0.1) is 0 Å². The van der Waals surface area contributed by atoms with Gasteiger partial charge in [0.05, 0.1) is 12.1 Å². The molecule has 2 amide bonds. The first kappa shape index (κ1) is 28.7. The van der Waals surface area contributed by atoms with Crippen molar-refractivity contribution in [1.82, 2.24) is 20.9 Å². The fraction of sp³-hybridized carbons (Fsp3) is 0.850. The quantitative estimate of drug-likeness (QED) is 0.271. The van der Waals surface area contributed by atoms with Crippen LogP contribution in [0.1, 0.15) is 61.8 Å². The largest absolute Gasteiger partial charge is 0.444 e. The first-order valence-electron chi connectivity index (χ1n) is 10.2. The number of hydrogen-bond acceptors (Lipinski definition) is 5. The number of ether oxygens (including phenoxy) is 2. The van der Waals surface area contributed by atoms with E-state index >= 15 is 0 Å². The van der Waals surface area contributed by atoms with Gasteiger partial charge < -0.3 is 25.4 Å². The Morgan fingerprint density at radius 1 is 1.23 bits per heavy atom. The molecule has 30 heavy (non-hydrogen) atoms. The smallest absolute Gasteiger partial charge is 0.412 e. The number of amides is 2. The molecule has 0 spiro atoms. The van der Waals surface area contributed by atoms with Crippen LogP contribution in [-0.2, 0) is 14.3 Å². The van der Waals surface area contributed by atoms with E-state index in [9.17, 15) is 9.59 Å². The number of aliphatic imine (C=N–C) groups is 1. The molecular formula is C20H40IN5O4. The lowest BCUT2D eigenvalue weighted by Gasteiger charge is -2.35. The minimum Gasteiger partial charge on any atom is -0.444 e. The molecule has 1 fully saturated rings. The minimum absolute atomic E-state index is 0. The Hall–Kier alpha value is -1.30. The van der Waals surface area contributed by atoms with E-state index in [4.69, 9.17) is 9.47 Å². The Kier molecular flexibility index (Phi) is 11.4. The van der Waals surface area contributed by atoms with Crippen molar-refractivity contribution in [2.75, 3.05) is 20.1 Å². The molecule has 0 radical (unpaired) electrons. The molecule has 0 aliphatic carbocycles. The summed E-state index contributed by atoms with van der Waals surface area (Å²) in [5.41, 5.74) is -1.37. The Balaban J connectivity index is 0.00000841. The molecule has 9 nitrogen and oxygen atoms in total. The fourth-order valence-electron chi connectivity index (χ4n) is 3.23. The van der Waals surface area contributed by atoms with Gasteiger partial charge in [0.2, 0.25) is 5.91 Å². The summed E-state index contributed by atoms with van der Waals surface area (Å²) < 4.78 is 11.6. The predicted molar refractivity (Wildman–Crippen MR) is 129 cm³/mol. The molecule has 10 heteroatoms. The molecule has 0 aromatic carbocycles. The Bertz CT molecular complexity index is 604. The molecule has 0 aromatic heterocycles. The van der Waals surface area contributed by atoms with Gasteiger partial charge in [0.25, 0.3) is 0 Å². The van der Waals surface area contributed by atoms with Gasteiger partial charge >= 0.3 is 6.09 Å². The van der Waals surface area contributed by atoms with Gasteiger partial charge in [-0.1, -0.05) is 0 Å². The lowest BCUT2D eigenvalue weighted by molar-refractivity contribution is -0.121. The van der Waals surface area contributed by atoms with E-state index in [0.29, 0.717) is 25.5 Å². The van der Waals surface area contributed by atoms with Crippen molar-refractivity contribution in [2.45, 2.75) is 91.3 Å². The van der Waals surface area contributed by atoms with Crippen molar-refractivity contribution in [3.8, 4) is 0 Å². The second kappa shape index (κ2) is 11.9. The maximum absolute atomic E-state index is 12.8. The van der Waals surface area contributed by atoms with Crippen molar-refractivity contribution in [1.29, 1.82) is 0 Å². The first-order chi connectivity index (χ1) is 13.3. The highest BCUT2D eigenvalue weighted by molar-refractivity contribution is 14.0. The summed E-state index contributed by atoms with van der Waals surface area (Å²) in [6, 6.07) is -0.117. The predicted octanol–water partition coefficient (Wildman–Crippen LogP) is 2.44. The molecule has 2 unspecified atom stereocenters. The SMILES string of the molecule is CN=C(NCCC(=O)NC(C)C)NCC1C(C)OC(C)(C)N1C(=O)OC(C)(C)C.I. The molecule has 1 rings (SSSR count). The first-order valence-corrected chi connectivity index (χ1v) is 10.2. The van der Waals surface area contributed by atoms with Gasteiger partial charge in [-0.2, -0.15) is 0 Å². The average molecular weight is 541 g/mol. The number of carbonyl (C=O) groups excluding carboxylic acids is 2. The highest BCUT2D eigenvalue weighted by atomic mass is 127. The summed E-state index contributed by atoms with van der Waals surface area (Å²) >= 11 is 0. The number of hydrogen-bond donors (Lipinski definition) is 3. The van der Waals surface area contributed by atoms with Crippen LogP contribution >= 0.6 is 24.0 Å². The zero-order chi connectivity index (χ0) is 22.4. The zero-order valence-corrected chi connectivity index (χ0v) is 22.1. The van der Waals surface area contributed by atoms with Crippen LogP contribution in [0.2, 0.25) is 0 Å². The summed E-state index contributed by atoms with van der Waals surface area (Å²) in [7, 11) is 1.66. The summed E-state index contributed by atoms with van der Waals surface area (Å²) in [5.74, 6) is 0.544. The monoisotopic (exact) mass is 541 g/mol. The molecule has 0 bridgehead atoms. The maximum Gasteiger partial charge on any atom is 0.412 e. The average Bonchev–Trinajstić information content (AvgIpc) is 2.76. The zero-order valence-electron chi connectivity index (χ0n) is 19.8. The van der Waals surface area contributed by atoms with Crippen molar-refractivity contribution < 1.29 is 19.1 Å². The van der Waals surface area contributed by atoms with Gasteiger partial charge in [0.15, 0.2) is 5.96 Å². The van der Waals surface area contributed by atoms with Crippen LogP contribution in [0.4, 0.5) is 4.79 Å². The van der Waals surface area contributed by atoms with E-state index in [1.807, 2.05) is 55.4 Å². The van der Waals surface area contributed by atoms with Gasteiger partial charge in [-0.15, -0.1) is 24.0 Å². The van der Waals surface area contributed by atoms with E-state index in [0.717, 1.165) is 0 Å². The van der Waals surface area contributed by atoms with Gasteiger partial charge in [-0.25, -0.2) is 4.79 Å². The van der Waals surface area contributed by atoms with E-state index in [1.54, 1.807) is 11.9 Å². The van der Waals surface area contributed by atoms with Crippen molar-refractivity contribution in [3.63, 3.8) is 0 Å². The maximum atomic E-state index is 12.8. The molecule has 1 aliphatic rings. The molecule has 3 N–H and O–H groups in total.